The lowest BCUT2D eigenvalue weighted by molar-refractivity contribution is -0.116. The summed E-state index contributed by atoms with van der Waals surface area (Å²) < 4.78 is 0. The van der Waals surface area contributed by atoms with Crippen LogP contribution in [0.4, 0.5) is 11.5 Å². The molecule has 0 saturated heterocycles. The molecule has 27 heavy (non-hydrogen) atoms. The number of imidazole rings is 1. The summed E-state index contributed by atoms with van der Waals surface area (Å²) in [5, 5.41) is 6.98. The Hall–Kier alpha value is -3.20. The van der Waals surface area contributed by atoms with Crippen LogP contribution in [0.15, 0.2) is 29.3 Å². The van der Waals surface area contributed by atoms with Crippen molar-refractivity contribution in [3.05, 3.63) is 45.5 Å². The minimum atomic E-state index is -0.510. The lowest BCUT2D eigenvalue weighted by Crippen LogP contribution is -2.32. The zero-order valence-electron chi connectivity index (χ0n) is 15.0. The number of aromatic nitrogens is 4. The normalized spacial score (nSPS) is 12.4. The molecule has 3 aromatic heterocycles. The first-order valence-corrected chi connectivity index (χ1v) is 9.24. The van der Waals surface area contributed by atoms with Crippen LogP contribution < -0.4 is 16.3 Å². The molecule has 0 saturated carbocycles. The van der Waals surface area contributed by atoms with Gasteiger partial charge in [-0.3, -0.25) is 4.79 Å². The van der Waals surface area contributed by atoms with Crippen LogP contribution in [0.1, 0.15) is 17.4 Å². The third-order valence-corrected chi connectivity index (χ3v) is 5.61. The van der Waals surface area contributed by atoms with Gasteiger partial charge < -0.3 is 20.6 Å². The number of hydrogen-bond donors (Lipinski definition) is 4. The van der Waals surface area contributed by atoms with Crippen molar-refractivity contribution in [1.29, 1.82) is 0 Å². The summed E-state index contributed by atoms with van der Waals surface area (Å²) in [6, 6.07) is 4.69. The number of hydrogen-bond acceptors (Lipinski definition) is 6. The van der Waals surface area contributed by atoms with E-state index in [4.69, 9.17) is 0 Å². The molecule has 1 unspecified atom stereocenters. The van der Waals surface area contributed by atoms with E-state index < -0.39 is 6.04 Å². The summed E-state index contributed by atoms with van der Waals surface area (Å²) in [4.78, 5) is 40.0. The van der Waals surface area contributed by atoms with Crippen LogP contribution in [0, 0.1) is 13.8 Å². The van der Waals surface area contributed by atoms with Crippen molar-refractivity contribution in [1.82, 2.24) is 19.9 Å². The van der Waals surface area contributed by atoms with Crippen LogP contribution in [-0.2, 0) is 4.79 Å². The Balaban J connectivity index is 1.54. The SMILES string of the molecule is Cc1sc2ncnc(NC(C)C(=O)Nc3ccc4[nH]c(=O)[nH]c4c3)c2c1C. The van der Waals surface area contributed by atoms with Crippen molar-refractivity contribution in [2.24, 2.45) is 0 Å². The summed E-state index contributed by atoms with van der Waals surface area (Å²) in [7, 11) is 0. The molecule has 0 radical (unpaired) electrons. The molecule has 0 aliphatic rings. The van der Waals surface area contributed by atoms with Crippen LogP contribution in [0.3, 0.4) is 0 Å². The van der Waals surface area contributed by atoms with Gasteiger partial charge in [-0.2, -0.15) is 0 Å². The van der Waals surface area contributed by atoms with Crippen molar-refractivity contribution in [3.8, 4) is 0 Å². The third-order valence-electron chi connectivity index (χ3n) is 4.50. The number of amides is 1. The van der Waals surface area contributed by atoms with Gasteiger partial charge in [-0.25, -0.2) is 14.8 Å². The van der Waals surface area contributed by atoms with Crippen LogP contribution in [0.5, 0.6) is 0 Å². The number of carbonyl (C=O) groups excluding carboxylic acids is 1. The van der Waals surface area contributed by atoms with E-state index in [-0.39, 0.29) is 11.6 Å². The van der Waals surface area contributed by atoms with E-state index in [1.807, 2.05) is 13.8 Å². The van der Waals surface area contributed by atoms with Gasteiger partial charge >= 0.3 is 5.69 Å². The Morgan fingerprint density at radius 3 is 2.78 bits per heavy atom. The average molecular weight is 382 g/mol. The number of rotatable bonds is 4. The molecule has 138 valence electrons. The topological polar surface area (TPSA) is 116 Å². The van der Waals surface area contributed by atoms with Gasteiger partial charge in [-0.05, 0) is 44.5 Å². The third kappa shape index (κ3) is 3.17. The first-order chi connectivity index (χ1) is 12.9. The number of thiophene rings is 1. The minimum absolute atomic E-state index is 0.205. The van der Waals surface area contributed by atoms with Crippen molar-refractivity contribution in [3.63, 3.8) is 0 Å². The van der Waals surface area contributed by atoms with Gasteiger partial charge in [0, 0.05) is 10.6 Å². The second kappa shape index (κ2) is 6.51. The number of fused-ring (bicyclic) bond motifs is 2. The molecule has 4 aromatic rings. The number of anilines is 2. The molecule has 0 bridgehead atoms. The van der Waals surface area contributed by atoms with Gasteiger partial charge in [0.15, 0.2) is 0 Å². The molecule has 3 heterocycles. The summed E-state index contributed by atoms with van der Waals surface area (Å²) >= 11 is 1.61. The maximum absolute atomic E-state index is 12.6. The molecule has 1 amide bonds. The van der Waals surface area contributed by atoms with Crippen LogP contribution in [0.2, 0.25) is 0 Å². The fourth-order valence-corrected chi connectivity index (χ4v) is 3.92. The van der Waals surface area contributed by atoms with Crippen molar-refractivity contribution < 1.29 is 4.79 Å². The van der Waals surface area contributed by atoms with Gasteiger partial charge in [-0.1, -0.05) is 0 Å². The van der Waals surface area contributed by atoms with Crippen LogP contribution in [-0.4, -0.2) is 31.9 Å². The Labute approximate surface area is 158 Å². The molecular formula is C18H18N6O2S. The highest BCUT2D eigenvalue weighted by molar-refractivity contribution is 7.18. The fourth-order valence-electron chi connectivity index (χ4n) is 2.92. The maximum Gasteiger partial charge on any atom is 0.323 e. The molecule has 0 aliphatic heterocycles. The lowest BCUT2D eigenvalue weighted by atomic mass is 10.2. The first kappa shape index (κ1) is 17.2. The first-order valence-electron chi connectivity index (χ1n) is 8.42. The predicted molar refractivity (Wildman–Crippen MR) is 108 cm³/mol. The van der Waals surface area contributed by atoms with E-state index in [9.17, 15) is 9.59 Å². The number of aryl methyl sites for hydroxylation is 2. The summed E-state index contributed by atoms with van der Waals surface area (Å²) in [6.45, 7) is 5.85. The van der Waals surface area contributed by atoms with E-state index in [1.165, 1.54) is 11.2 Å². The zero-order valence-corrected chi connectivity index (χ0v) is 15.8. The lowest BCUT2D eigenvalue weighted by Gasteiger charge is -2.15. The summed E-state index contributed by atoms with van der Waals surface area (Å²) in [5.74, 6) is 0.443. The highest BCUT2D eigenvalue weighted by atomic mass is 32.1. The van der Waals surface area contributed by atoms with E-state index in [1.54, 1.807) is 36.5 Å². The summed E-state index contributed by atoms with van der Waals surface area (Å²) in [5.41, 5.74) is 2.77. The Kier molecular flexibility index (Phi) is 4.15. The second-order valence-corrected chi connectivity index (χ2v) is 7.58. The molecule has 0 spiro atoms. The van der Waals surface area contributed by atoms with Gasteiger partial charge in [0.05, 0.1) is 16.4 Å². The highest BCUT2D eigenvalue weighted by Gasteiger charge is 2.18. The fraction of sp³-hybridized carbons (Fsp3) is 0.222. The summed E-state index contributed by atoms with van der Waals surface area (Å²) in [6.07, 6.45) is 1.50. The number of H-pyrrole nitrogens is 2. The van der Waals surface area contributed by atoms with Gasteiger partial charge in [0.1, 0.15) is 23.0 Å². The monoisotopic (exact) mass is 382 g/mol. The molecular weight excluding hydrogens is 364 g/mol. The Bertz CT molecular complexity index is 1220. The van der Waals surface area contributed by atoms with E-state index in [2.05, 4.69) is 30.6 Å². The molecule has 0 fully saturated rings. The standard InChI is InChI=1S/C18H18N6O2S/c1-8-10(3)27-17-14(8)15(19-7-20-17)21-9(2)16(25)22-11-4-5-12-13(6-11)24-18(26)23-12/h4-7,9H,1-3H3,(H,22,25)(H,19,20,21)(H2,23,24,26). The quantitative estimate of drug-likeness (QED) is 0.433. The molecule has 4 N–H and O–H groups in total. The number of carbonyl (C=O) groups is 1. The minimum Gasteiger partial charge on any atom is -0.358 e. The van der Waals surface area contributed by atoms with Gasteiger partial charge in [-0.15, -0.1) is 11.3 Å². The number of aromatic amines is 2. The molecule has 1 aromatic carbocycles. The number of nitrogens with one attached hydrogen (secondary N) is 4. The molecule has 4 rings (SSSR count). The molecule has 1 atom stereocenters. The highest BCUT2D eigenvalue weighted by Crippen LogP contribution is 2.32. The van der Waals surface area contributed by atoms with Crippen molar-refractivity contribution >= 4 is 50.0 Å². The Morgan fingerprint density at radius 2 is 1.96 bits per heavy atom. The molecule has 0 aliphatic carbocycles. The second-order valence-electron chi connectivity index (χ2n) is 6.38. The van der Waals surface area contributed by atoms with E-state index >= 15 is 0 Å². The molecule has 9 heteroatoms. The van der Waals surface area contributed by atoms with Gasteiger partial charge in [0.25, 0.3) is 0 Å². The van der Waals surface area contributed by atoms with Crippen molar-refractivity contribution in [2.45, 2.75) is 26.8 Å². The molecule has 8 nitrogen and oxygen atoms in total. The number of benzene rings is 1. The van der Waals surface area contributed by atoms with Crippen molar-refractivity contribution in [2.75, 3.05) is 10.6 Å². The largest absolute Gasteiger partial charge is 0.358 e. The average Bonchev–Trinajstić information content (AvgIpc) is 3.14. The smallest absolute Gasteiger partial charge is 0.323 e. The van der Waals surface area contributed by atoms with Crippen LogP contribution >= 0.6 is 11.3 Å². The maximum atomic E-state index is 12.6. The van der Waals surface area contributed by atoms with E-state index in [0.717, 1.165) is 15.8 Å². The van der Waals surface area contributed by atoms with Crippen LogP contribution in [0.25, 0.3) is 21.3 Å². The van der Waals surface area contributed by atoms with Gasteiger partial charge in [0.2, 0.25) is 5.91 Å². The predicted octanol–water partition coefficient (Wildman–Crippen LogP) is 2.92. The number of nitrogens with zero attached hydrogens (tertiary/aromatic N) is 2. The zero-order chi connectivity index (χ0) is 19.1. The Morgan fingerprint density at radius 1 is 1.19 bits per heavy atom. The van der Waals surface area contributed by atoms with E-state index in [0.29, 0.717) is 22.5 Å².